The quantitative estimate of drug-likeness (QED) is 0.702. The van der Waals surface area contributed by atoms with Gasteiger partial charge in [0.1, 0.15) is 0 Å². The van der Waals surface area contributed by atoms with Crippen LogP contribution in [0.4, 0.5) is 4.79 Å². The van der Waals surface area contributed by atoms with E-state index in [4.69, 9.17) is 5.11 Å². The molecule has 1 aromatic carbocycles. The number of amides is 1. The molecule has 0 aromatic heterocycles. The third kappa shape index (κ3) is 1.16. The summed E-state index contributed by atoms with van der Waals surface area (Å²) in [5.74, 6) is 0.512. The van der Waals surface area contributed by atoms with E-state index < -0.39 is 6.09 Å². The minimum Gasteiger partial charge on any atom is -0.465 e. The fraction of sp³-hybridized carbons (Fsp3) is 0.417. The van der Waals surface area contributed by atoms with Gasteiger partial charge >= 0.3 is 6.09 Å². The van der Waals surface area contributed by atoms with Crippen molar-refractivity contribution in [3.05, 3.63) is 35.4 Å². The highest BCUT2D eigenvalue weighted by atomic mass is 16.4. The molecule has 0 spiro atoms. The zero-order valence-electron chi connectivity index (χ0n) is 8.39. The molecule has 1 saturated heterocycles. The molecule has 15 heavy (non-hydrogen) atoms. The smallest absolute Gasteiger partial charge is 0.407 e. The van der Waals surface area contributed by atoms with Gasteiger partial charge in [0.25, 0.3) is 0 Å². The zero-order valence-corrected chi connectivity index (χ0v) is 8.39. The molecule has 1 aliphatic carbocycles. The van der Waals surface area contributed by atoms with Gasteiger partial charge in [0.05, 0.1) is 6.04 Å². The predicted molar refractivity (Wildman–Crippen MR) is 55.7 cm³/mol. The maximum atomic E-state index is 11.1. The van der Waals surface area contributed by atoms with Crippen molar-refractivity contribution in [1.29, 1.82) is 0 Å². The number of carboxylic acid groups (broad SMARTS) is 1. The third-order valence-corrected chi connectivity index (χ3v) is 3.62. The van der Waals surface area contributed by atoms with E-state index in [-0.39, 0.29) is 6.04 Å². The van der Waals surface area contributed by atoms with E-state index in [2.05, 4.69) is 12.1 Å². The molecular weight excluding hydrogens is 190 g/mol. The zero-order chi connectivity index (χ0) is 10.4. The van der Waals surface area contributed by atoms with Gasteiger partial charge in [-0.1, -0.05) is 24.3 Å². The number of hydrogen-bond donors (Lipinski definition) is 1. The summed E-state index contributed by atoms with van der Waals surface area (Å²) >= 11 is 0. The lowest BCUT2D eigenvalue weighted by atomic mass is 10.0. The van der Waals surface area contributed by atoms with Crippen molar-refractivity contribution in [2.75, 3.05) is 6.54 Å². The van der Waals surface area contributed by atoms with E-state index in [1.165, 1.54) is 11.1 Å². The highest BCUT2D eigenvalue weighted by Crippen LogP contribution is 2.46. The minimum atomic E-state index is -0.779. The molecule has 3 rings (SSSR count). The number of nitrogens with zero attached hydrogens (tertiary/aromatic N) is 1. The lowest BCUT2D eigenvalue weighted by Crippen LogP contribution is -2.29. The summed E-state index contributed by atoms with van der Waals surface area (Å²) < 4.78 is 0. The summed E-state index contributed by atoms with van der Waals surface area (Å²) in [5.41, 5.74) is 2.56. The van der Waals surface area contributed by atoms with Crippen LogP contribution in [0.1, 0.15) is 23.6 Å². The summed E-state index contributed by atoms with van der Waals surface area (Å²) in [6.07, 6.45) is 1.27. The van der Waals surface area contributed by atoms with Crippen LogP contribution in [-0.2, 0) is 6.42 Å². The second kappa shape index (κ2) is 2.99. The van der Waals surface area contributed by atoms with Gasteiger partial charge in [-0.3, -0.25) is 0 Å². The molecule has 0 radical (unpaired) electrons. The molecular formula is C12H13NO2. The predicted octanol–water partition coefficient (Wildman–Crippen LogP) is 2.28. The van der Waals surface area contributed by atoms with Crippen LogP contribution in [0, 0.1) is 5.92 Å². The number of hydrogen-bond acceptors (Lipinski definition) is 1. The van der Waals surface area contributed by atoms with Crippen molar-refractivity contribution >= 4 is 6.09 Å². The first kappa shape index (κ1) is 8.77. The summed E-state index contributed by atoms with van der Waals surface area (Å²) in [5, 5.41) is 9.11. The van der Waals surface area contributed by atoms with Crippen molar-refractivity contribution in [1.82, 2.24) is 4.90 Å². The Balaban J connectivity index is 2.03. The second-order valence-corrected chi connectivity index (χ2v) is 4.37. The Labute approximate surface area is 88.3 Å². The Bertz CT molecular complexity index is 416. The summed E-state index contributed by atoms with van der Waals surface area (Å²) in [7, 11) is 0. The summed E-state index contributed by atoms with van der Waals surface area (Å²) in [4.78, 5) is 12.7. The molecule has 2 atom stereocenters. The summed E-state index contributed by atoms with van der Waals surface area (Å²) in [6.45, 7) is 0.693. The minimum absolute atomic E-state index is 0.124. The monoisotopic (exact) mass is 203 g/mol. The molecule has 1 aromatic rings. The van der Waals surface area contributed by atoms with E-state index in [1.54, 1.807) is 4.90 Å². The SMILES string of the molecule is O=C(O)N1CCC2Cc3ccccc3C21. The van der Waals surface area contributed by atoms with Crippen molar-refractivity contribution in [2.45, 2.75) is 18.9 Å². The molecule has 1 heterocycles. The first-order chi connectivity index (χ1) is 7.27. The Morgan fingerprint density at radius 1 is 1.40 bits per heavy atom. The van der Waals surface area contributed by atoms with Gasteiger partial charge in [-0.15, -0.1) is 0 Å². The molecule has 0 bridgehead atoms. The molecule has 0 saturated carbocycles. The van der Waals surface area contributed by atoms with Crippen molar-refractivity contribution in [3.8, 4) is 0 Å². The summed E-state index contributed by atoms with van der Waals surface area (Å²) in [6, 6.07) is 8.35. The fourth-order valence-electron chi connectivity index (χ4n) is 3.00. The van der Waals surface area contributed by atoms with Crippen LogP contribution >= 0.6 is 0 Å². The highest BCUT2D eigenvalue weighted by molar-refractivity contribution is 5.67. The maximum Gasteiger partial charge on any atom is 0.407 e. The molecule has 1 fully saturated rings. The lowest BCUT2D eigenvalue weighted by Gasteiger charge is -2.21. The van der Waals surface area contributed by atoms with E-state index >= 15 is 0 Å². The molecule has 3 heteroatoms. The van der Waals surface area contributed by atoms with E-state index in [9.17, 15) is 4.79 Å². The van der Waals surface area contributed by atoms with Crippen LogP contribution in [0.15, 0.2) is 24.3 Å². The van der Waals surface area contributed by atoms with Gasteiger partial charge in [0.2, 0.25) is 0 Å². The number of benzene rings is 1. The van der Waals surface area contributed by atoms with Gasteiger partial charge in [-0.05, 0) is 29.9 Å². The highest BCUT2D eigenvalue weighted by Gasteiger charge is 2.43. The Morgan fingerprint density at radius 2 is 2.20 bits per heavy atom. The van der Waals surface area contributed by atoms with Crippen LogP contribution in [-0.4, -0.2) is 22.6 Å². The van der Waals surface area contributed by atoms with Crippen LogP contribution in [0.2, 0.25) is 0 Å². The van der Waals surface area contributed by atoms with Gasteiger partial charge < -0.3 is 10.0 Å². The third-order valence-electron chi connectivity index (χ3n) is 3.62. The molecule has 1 N–H and O–H groups in total. The standard InChI is InChI=1S/C12H13NO2/c14-12(15)13-6-5-9-7-8-3-1-2-4-10(8)11(9)13/h1-4,9,11H,5-7H2,(H,14,15). The molecule has 2 unspecified atom stereocenters. The van der Waals surface area contributed by atoms with E-state index in [0.29, 0.717) is 12.5 Å². The van der Waals surface area contributed by atoms with Crippen LogP contribution < -0.4 is 0 Å². The normalized spacial score (nSPS) is 27.6. The molecule has 3 nitrogen and oxygen atoms in total. The van der Waals surface area contributed by atoms with E-state index in [0.717, 1.165) is 12.8 Å². The van der Waals surface area contributed by atoms with Crippen LogP contribution in [0.25, 0.3) is 0 Å². The Morgan fingerprint density at radius 3 is 3.00 bits per heavy atom. The molecule has 2 aliphatic rings. The Kier molecular flexibility index (Phi) is 1.75. The topological polar surface area (TPSA) is 40.5 Å². The number of likely N-dealkylation sites (tertiary alicyclic amines) is 1. The first-order valence-corrected chi connectivity index (χ1v) is 5.35. The van der Waals surface area contributed by atoms with Crippen LogP contribution in [0.5, 0.6) is 0 Å². The van der Waals surface area contributed by atoms with Gasteiger partial charge in [0, 0.05) is 6.54 Å². The van der Waals surface area contributed by atoms with Crippen molar-refractivity contribution in [2.24, 2.45) is 5.92 Å². The molecule has 1 amide bonds. The van der Waals surface area contributed by atoms with E-state index in [1.807, 2.05) is 12.1 Å². The molecule has 78 valence electrons. The van der Waals surface area contributed by atoms with Crippen molar-refractivity contribution < 1.29 is 9.90 Å². The van der Waals surface area contributed by atoms with Gasteiger partial charge in [-0.2, -0.15) is 0 Å². The average molecular weight is 203 g/mol. The molecule has 1 aliphatic heterocycles. The van der Waals surface area contributed by atoms with Gasteiger partial charge in [-0.25, -0.2) is 4.79 Å². The lowest BCUT2D eigenvalue weighted by molar-refractivity contribution is 0.137. The Hall–Kier alpha value is -1.51. The van der Waals surface area contributed by atoms with Gasteiger partial charge in [0.15, 0.2) is 0 Å². The largest absolute Gasteiger partial charge is 0.465 e. The fourth-order valence-corrected chi connectivity index (χ4v) is 3.00. The average Bonchev–Trinajstić information content (AvgIpc) is 2.74. The first-order valence-electron chi connectivity index (χ1n) is 5.35. The maximum absolute atomic E-state index is 11.1. The van der Waals surface area contributed by atoms with Crippen LogP contribution in [0.3, 0.4) is 0 Å². The number of rotatable bonds is 0. The van der Waals surface area contributed by atoms with Crippen molar-refractivity contribution in [3.63, 3.8) is 0 Å². The second-order valence-electron chi connectivity index (χ2n) is 4.37. The number of carbonyl (C=O) groups is 1. The number of fused-ring (bicyclic) bond motifs is 3.